The zero-order chi connectivity index (χ0) is 14.8. The van der Waals surface area contributed by atoms with Crippen LogP contribution in [0.2, 0.25) is 5.02 Å². The Balaban J connectivity index is 2.41. The van der Waals surface area contributed by atoms with Crippen molar-refractivity contribution in [3.8, 4) is 0 Å². The van der Waals surface area contributed by atoms with Gasteiger partial charge < -0.3 is 15.8 Å². The first-order valence-corrected chi connectivity index (χ1v) is 7.53. The van der Waals surface area contributed by atoms with Crippen molar-refractivity contribution in [3.05, 3.63) is 22.8 Å². The van der Waals surface area contributed by atoms with E-state index in [2.05, 4.69) is 17.2 Å². The molecular weight excluding hydrogens is 274 g/mol. The van der Waals surface area contributed by atoms with E-state index in [1.165, 1.54) is 12.8 Å². The molecule has 1 fully saturated rings. The van der Waals surface area contributed by atoms with Gasteiger partial charge in [-0.2, -0.15) is 0 Å². The third kappa shape index (κ3) is 2.92. The molecule has 1 saturated carbocycles. The van der Waals surface area contributed by atoms with Gasteiger partial charge in [0.1, 0.15) is 5.82 Å². The molecule has 112 valence electrons. The Morgan fingerprint density at radius 3 is 2.95 bits per heavy atom. The van der Waals surface area contributed by atoms with Gasteiger partial charge in [0.25, 0.3) is 0 Å². The van der Waals surface area contributed by atoms with Crippen molar-refractivity contribution >= 4 is 17.4 Å². The fraction of sp³-hybridized carbons (Fsp3) is 0.667. The molecule has 0 aliphatic heterocycles. The molecule has 3 unspecified atom stereocenters. The Morgan fingerprint density at radius 2 is 2.35 bits per heavy atom. The van der Waals surface area contributed by atoms with Crippen LogP contribution in [0.15, 0.2) is 12.3 Å². The molecule has 5 heteroatoms. The molecule has 1 heterocycles. The molecule has 0 radical (unpaired) electrons. The number of nitrogens with zero attached hydrogens (tertiary/aromatic N) is 1. The summed E-state index contributed by atoms with van der Waals surface area (Å²) in [5.41, 5.74) is 6.74. The molecule has 0 aromatic carbocycles. The predicted molar refractivity (Wildman–Crippen MR) is 82.8 cm³/mol. The van der Waals surface area contributed by atoms with Crippen LogP contribution in [-0.2, 0) is 4.74 Å². The summed E-state index contributed by atoms with van der Waals surface area (Å²) in [5.74, 6) is 1.16. The van der Waals surface area contributed by atoms with Gasteiger partial charge in [-0.1, -0.05) is 31.4 Å². The highest BCUT2D eigenvalue weighted by Crippen LogP contribution is 2.44. The van der Waals surface area contributed by atoms with Gasteiger partial charge >= 0.3 is 0 Å². The van der Waals surface area contributed by atoms with Gasteiger partial charge in [0, 0.05) is 18.9 Å². The molecule has 0 amide bonds. The number of nitrogens with two attached hydrogens (primary N) is 1. The first-order valence-electron chi connectivity index (χ1n) is 7.15. The van der Waals surface area contributed by atoms with Crippen LogP contribution >= 0.6 is 11.6 Å². The third-order valence-electron chi connectivity index (χ3n) is 4.44. The maximum Gasteiger partial charge on any atom is 0.128 e. The van der Waals surface area contributed by atoms with Crippen LogP contribution in [0.3, 0.4) is 0 Å². The van der Waals surface area contributed by atoms with Crippen molar-refractivity contribution in [2.75, 3.05) is 19.9 Å². The second-order valence-electron chi connectivity index (χ2n) is 5.82. The van der Waals surface area contributed by atoms with Crippen LogP contribution in [0.25, 0.3) is 0 Å². The van der Waals surface area contributed by atoms with Crippen molar-refractivity contribution in [1.82, 2.24) is 10.3 Å². The maximum atomic E-state index is 6.09. The summed E-state index contributed by atoms with van der Waals surface area (Å²) < 4.78 is 5.96. The van der Waals surface area contributed by atoms with Gasteiger partial charge in [-0.3, -0.25) is 0 Å². The summed E-state index contributed by atoms with van der Waals surface area (Å²) in [5, 5.41) is 3.97. The molecule has 3 atom stereocenters. The van der Waals surface area contributed by atoms with Crippen LogP contribution in [0.4, 0.5) is 5.82 Å². The number of likely N-dealkylation sites (N-methyl/N-ethyl adjacent to an activating group) is 1. The van der Waals surface area contributed by atoms with Crippen LogP contribution in [-0.4, -0.2) is 24.7 Å². The number of nitrogens with one attached hydrogen (secondary N) is 1. The van der Waals surface area contributed by atoms with E-state index in [1.807, 2.05) is 13.1 Å². The number of ether oxygens (including phenoxy) is 1. The highest BCUT2D eigenvalue weighted by Gasteiger charge is 2.43. The number of halogens is 1. The third-order valence-corrected chi connectivity index (χ3v) is 4.65. The van der Waals surface area contributed by atoms with Crippen LogP contribution in [0.1, 0.15) is 44.2 Å². The van der Waals surface area contributed by atoms with Crippen LogP contribution in [0.5, 0.6) is 0 Å². The van der Waals surface area contributed by atoms with Gasteiger partial charge in [-0.25, -0.2) is 4.98 Å². The largest absolute Gasteiger partial charge is 0.383 e. The Bertz CT molecular complexity index is 468. The maximum absolute atomic E-state index is 6.09. The molecule has 20 heavy (non-hydrogen) atoms. The minimum absolute atomic E-state index is 0.00134. The topological polar surface area (TPSA) is 60.2 Å². The minimum Gasteiger partial charge on any atom is -0.383 e. The van der Waals surface area contributed by atoms with E-state index in [9.17, 15) is 0 Å². The molecule has 0 spiro atoms. The molecule has 0 saturated heterocycles. The van der Waals surface area contributed by atoms with E-state index >= 15 is 0 Å². The van der Waals surface area contributed by atoms with Crippen molar-refractivity contribution < 1.29 is 4.74 Å². The van der Waals surface area contributed by atoms with Crippen molar-refractivity contribution in [2.45, 2.75) is 44.2 Å². The Kier molecular flexibility index (Phi) is 4.89. The van der Waals surface area contributed by atoms with E-state index in [0.29, 0.717) is 16.8 Å². The summed E-state index contributed by atoms with van der Waals surface area (Å²) >= 11 is 6.09. The molecule has 1 aromatic rings. The van der Waals surface area contributed by atoms with Crippen molar-refractivity contribution in [3.63, 3.8) is 0 Å². The van der Waals surface area contributed by atoms with E-state index in [1.54, 1.807) is 13.3 Å². The fourth-order valence-corrected chi connectivity index (χ4v) is 3.67. The number of aromatic nitrogens is 1. The van der Waals surface area contributed by atoms with Crippen molar-refractivity contribution in [2.24, 2.45) is 5.92 Å². The van der Waals surface area contributed by atoms with E-state index < -0.39 is 0 Å². The second-order valence-corrected chi connectivity index (χ2v) is 6.26. The first kappa shape index (κ1) is 15.5. The first-order chi connectivity index (χ1) is 9.52. The summed E-state index contributed by atoms with van der Waals surface area (Å²) in [7, 11) is 3.72. The van der Waals surface area contributed by atoms with Crippen LogP contribution < -0.4 is 11.1 Å². The monoisotopic (exact) mass is 297 g/mol. The number of rotatable bonds is 4. The van der Waals surface area contributed by atoms with Gasteiger partial charge in [-0.15, -0.1) is 0 Å². The minimum atomic E-state index is -0.243. The Hall–Kier alpha value is -0.840. The highest BCUT2D eigenvalue weighted by atomic mass is 35.5. The summed E-state index contributed by atoms with van der Waals surface area (Å²) in [6.07, 6.45) is 6.04. The quantitative estimate of drug-likeness (QED) is 0.896. The number of pyridine rings is 1. The Morgan fingerprint density at radius 1 is 1.60 bits per heavy atom. The van der Waals surface area contributed by atoms with E-state index in [-0.39, 0.29) is 11.6 Å². The van der Waals surface area contributed by atoms with Gasteiger partial charge in [0.15, 0.2) is 0 Å². The molecule has 0 bridgehead atoms. The lowest BCUT2D eigenvalue weighted by molar-refractivity contribution is -0.0789. The van der Waals surface area contributed by atoms with Crippen LogP contribution in [0, 0.1) is 5.92 Å². The zero-order valence-electron chi connectivity index (χ0n) is 12.4. The average molecular weight is 298 g/mol. The number of methoxy groups -OCH3 is 1. The zero-order valence-corrected chi connectivity index (χ0v) is 13.2. The van der Waals surface area contributed by atoms with Gasteiger partial charge in [0.2, 0.25) is 0 Å². The number of hydrogen-bond acceptors (Lipinski definition) is 4. The average Bonchev–Trinajstić information content (AvgIpc) is 2.43. The summed E-state index contributed by atoms with van der Waals surface area (Å²) in [6.45, 7) is 2.28. The molecule has 1 aromatic heterocycles. The summed E-state index contributed by atoms with van der Waals surface area (Å²) in [4.78, 5) is 4.18. The number of anilines is 1. The lowest BCUT2D eigenvalue weighted by Gasteiger charge is -2.44. The smallest absolute Gasteiger partial charge is 0.128 e. The fourth-order valence-electron chi connectivity index (χ4n) is 3.51. The van der Waals surface area contributed by atoms with Gasteiger partial charge in [-0.05, 0) is 31.9 Å². The number of hydrogen-bond donors (Lipinski definition) is 2. The molecule has 3 N–H and O–H groups in total. The van der Waals surface area contributed by atoms with Gasteiger partial charge in [0.05, 0.1) is 16.7 Å². The summed E-state index contributed by atoms with van der Waals surface area (Å²) in [6, 6.07) is 1.90. The lowest BCUT2D eigenvalue weighted by Crippen LogP contribution is -2.47. The molecule has 1 aliphatic rings. The molecular formula is C15H24ClN3O. The molecule has 4 nitrogen and oxygen atoms in total. The molecule has 2 rings (SSSR count). The molecule has 1 aliphatic carbocycles. The van der Waals surface area contributed by atoms with E-state index in [4.69, 9.17) is 22.1 Å². The highest BCUT2D eigenvalue weighted by molar-refractivity contribution is 6.30. The predicted octanol–water partition coefficient (Wildman–Crippen LogP) is 3.17. The van der Waals surface area contributed by atoms with E-state index in [0.717, 1.165) is 18.4 Å². The SMILES string of the molecule is CNC(c1cc(Cl)cnc1N)C1(OC)CCCC(C)C1. The Labute approximate surface area is 126 Å². The second kappa shape index (κ2) is 6.29. The standard InChI is InChI=1S/C15H24ClN3O/c1-10-5-4-6-15(8-10,20-3)13(18-2)12-7-11(16)9-19-14(12)17/h7,9-10,13,18H,4-6,8H2,1-3H3,(H2,17,19). The normalized spacial score (nSPS) is 28.3. The number of nitrogen functional groups attached to an aromatic ring is 1. The van der Waals surface area contributed by atoms with Crippen molar-refractivity contribution in [1.29, 1.82) is 0 Å². The lowest BCUT2D eigenvalue weighted by atomic mass is 9.72.